The van der Waals surface area contributed by atoms with Gasteiger partial charge in [0.05, 0.1) is 35.2 Å². The Morgan fingerprint density at radius 1 is 1.30 bits per heavy atom. The second kappa shape index (κ2) is 6.77. The summed E-state index contributed by atoms with van der Waals surface area (Å²) in [5.74, 6) is 0.0823. The zero-order valence-corrected chi connectivity index (χ0v) is 16.3. The molecule has 5 nitrogen and oxygen atoms in total. The molecule has 0 fully saturated rings. The van der Waals surface area contributed by atoms with Gasteiger partial charge in [0.2, 0.25) is 5.91 Å². The third-order valence-corrected chi connectivity index (χ3v) is 6.89. The summed E-state index contributed by atoms with van der Waals surface area (Å²) in [6.45, 7) is 1.35. The molecular weight excluding hydrogens is 380 g/mol. The molecule has 27 heavy (non-hydrogen) atoms. The summed E-state index contributed by atoms with van der Waals surface area (Å²) in [5, 5.41) is 1.65. The van der Waals surface area contributed by atoms with Crippen molar-refractivity contribution in [3.05, 3.63) is 57.6 Å². The average molecular weight is 399 g/mol. The molecule has 3 aromatic rings. The van der Waals surface area contributed by atoms with Crippen molar-refractivity contribution in [3.63, 3.8) is 0 Å². The van der Waals surface area contributed by atoms with Crippen molar-refractivity contribution in [2.45, 2.75) is 38.1 Å². The number of aryl methyl sites for hydroxylation is 1. The van der Waals surface area contributed by atoms with Gasteiger partial charge in [0, 0.05) is 29.1 Å². The number of H-pyrrole nitrogens is 1. The minimum absolute atomic E-state index is 0.113. The van der Waals surface area contributed by atoms with E-state index in [0.29, 0.717) is 18.1 Å². The van der Waals surface area contributed by atoms with Crippen molar-refractivity contribution in [1.29, 1.82) is 0 Å². The molecule has 0 spiro atoms. The van der Waals surface area contributed by atoms with Crippen LogP contribution in [0.2, 0.25) is 5.02 Å². The molecule has 7 heteroatoms. The lowest BCUT2D eigenvalue weighted by Crippen LogP contribution is -2.39. The number of aromatic amines is 1. The Hall–Kier alpha value is -2.18. The molecule has 2 aliphatic rings. The van der Waals surface area contributed by atoms with Crippen LogP contribution >= 0.6 is 22.9 Å². The lowest BCUT2D eigenvalue weighted by molar-refractivity contribution is -0.134. The van der Waals surface area contributed by atoms with E-state index < -0.39 is 0 Å². The molecule has 0 radical (unpaired) electrons. The standard InChI is InChI=1S/C20H19ClN4OS/c21-14-6-2-1-4-12(14)19-24-15-8-9-25(10-17(15)27-19)20(26)13-5-3-7-16-18(13)23-11-22-16/h1-2,4,6,11,13H,3,5,7-10H2,(H,22,23). The van der Waals surface area contributed by atoms with Gasteiger partial charge in [0.15, 0.2) is 0 Å². The highest BCUT2D eigenvalue weighted by Gasteiger charge is 2.34. The van der Waals surface area contributed by atoms with Crippen LogP contribution in [0, 0.1) is 0 Å². The Morgan fingerprint density at radius 2 is 2.19 bits per heavy atom. The third kappa shape index (κ3) is 2.97. The van der Waals surface area contributed by atoms with E-state index in [4.69, 9.17) is 16.6 Å². The van der Waals surface area contributed by atoms with E-state index in [1.54, 1.807) is 17.7 Å². The van der Waals surface area contributed by atoms with Crippen molar-refractivity contribution in [2.75, 3.05) is 6.54 Å². The zero-order chi connectivity index (χ0) is 18.4. The number of hydrogen-bond donors (Lipinski definition) is 1. The highest BCUT2D eigenvalue weighted by Crippen LogP contribution is 2.37. The molecule has 3 heterocycles. The van der Waals surface area contributed by atoms with E-state index in [2.05, 4.69) is 9.97 Å². The minimum atomic E-state index is -0.113. The van der Waals surface area contributed by atoms with Crippen LogP contribution in [-0.4, -0.2) is 32.3 Å². The van der Waals surface area contributed by atoms with Crippen LogP contribution in [0.25, 0.3) is 10.6 Å². The van der Waals surface area contributed by atoms with Gasteiger partial charge in [0.25, 0.3) is 0 Å². The van der Waals surface area contributed by atoms with Crippen LogP contribution in [-0.2, 0) is 24.2 Å². The molecule has 1 aromatic carbocycles. The van der Waals surface area contributed by atoms with Crippen LogP contribution in [0.3, 0.4) is 0 Å². The Bertz CT molecular complexity index is 1010. The Labute approximate surface area is 166 Å². The number of halogens is 1. The van der Waals surface area contributed by atoms with Crippen LogP contribution in [0.4, 0.5) is 0 Å². The van der Waals surface area contributed by atoms with E-state index in [0.717, 1.165) is 53.3 Å². The van der Waals surface area contributed by atoms with Gasteiger partial charge in [-0.15, -0.1) is 11.3 Å². The van der Waals surface area contributed by atoms with Crippen molar-refractivity contribution in [3.8, 4) is 10.6 Å². The number of nitrogens with zero attached hydrogens (tertiary/aromatic N) is 3. The first-order chi connectivity index (χ1) is 13.2. The Balaban J connectivity index is 1.39. The van der Waals surface area contributed by atoms with E-state index in [-0.39, 0.29) is 11.8 Å². The maximum absolute atomic E-state index is 13.2. The summed E-state index contributed by atoms with van der Waals surface area (Å²) in [7, 11) is 0. The van der Waals surface area contributed by atoms with Gasteiger partial charge in [-0.05, 0) is 25.3 Å². The van der Waals surface area contributed by atoms with Crippen LogP contribution in [0.5, 0.6) is 0 Å². The first kappa shape index (κ1) is 17.0. The van der Waals surface area contributed by atoms with Gasteiger partial charge in [-0.2, -0.15) is 0 Å². The maximum Gasteiger partial charge on any atom is 0.232 e. The maximum atomic E-state index is 13.2. The SMILES string of the molecule is O=C(C1CCCc2[nH]cnc21)N1CCc2nc(-c3ccccc3Cl)sc2C1. The molecule has 0 saturated carbocycles. The van der Waals surface area contributed by atoms with Gasteiger partial charge in [-0.3, -0.25) is 4.79 Å². The van der Waals surface area contributed by atoms with Crippen molar-refractivity contribution in [1.82, 2.24) is 19.9 Å². The summed E-state index contributed by atoms with van der Waals surface area (Å²) in [6, 6.07) is 7.78. The first-order valence-corrected chi connectivity index (χ1v) is 10.4. The van der Waals surface area contributed by atoms with Gasteiger partial charge < -0.3 is 9.88 Å². The number of amides is 1. The molecule has 1 aliphatic carbocycles. The number of benzene rings is 1. The number of rotatable bonds is 2. The zero-order valence-electron chi connectivity index (χ0n) is 14.7. The van der Waals surface area contributed by atoms with Gasteiger partial charge in [-0.25, -0.2) is 9.97 Å². The number of carbonyl (C=O) groups excluding carboxylic acids is 1. The van der Waals surface area contributed by atoms with Crippen LogP contribution in [0.15, 0.2) is 30.6 Å². The molecule has 0 saturated heterocycles. The number of aromatic nitrogens is 3. The minimum Gasteiger partial charge on any atom is -0.348 e. The van der Waals surface area contributed by atoms with E-state index in [9.17, 15) is 4.79 Å². The van der Waals surface area contributed by atoms with E-state index in [1.807, 2.05) is 29.2 Å². The second-order valence-corrected chi connectivity index (χ2v) is 8.58. The second-order valence-electron chi connectivity index (χ2n) is 7.09. The van der Waals surface area contributed by atoms with Gasteiger partial charge in [0.1, 0.15) is 5.01 Å². The number of imidazole rings is 1. The molecule has 138 valence electrons. The largest absolute Gasteiger partial charge is 0.348 e. The molecule has 1 N–H and O–H groups in total. The topological polar surface area (TPSA) is 61.9 Å². The number of hydrogen-bond acceptors (Lipinski definition) is 4. The van der Waals surface area contributed by atoms with Gasteiger partial charge >= 0.3 is 0 Å². The highest BCUT2D eigenvalue weighted by molar-refractivity contribution is 7.15. The molecular formula is C20H19ClN4OS. The molecule has 1 unspecified atom stereocenters. The molecule has 1 amide bonds. The van der Waals surface area contributed by atoms with Crippen molar-refractivity contribution >= 4 is 28.8 Å². The normalized spacial score (nSPS) is 18.9. The lowest BCUT2D eigenvalue weighted by Gasteiger charge is -2.31. The fourth-order valence-corrected chi connectivity index (χ4v) is 5.49. The average Bonchev–Trinajstić information content (AvgIpc) is 3.33. The summed E-state index contributed by atoms with van der Waals surface area (Å²) in [4.78, 5) is 28.7. The van der Waals surface area contributed by atoms with Crippen molar-refractivity contribution in [2.24, 2.45) is 0 Å². The number of thiazole rings is 1. The molecule has 1 aliphatic heterocycles. The molecule has 2 aromatic heterocycles. The number of fused-ring (bicyclic) bond motifs is 2. The summed E-state index contributed by atoms with van der Waals surface area (Å²) in [5.41, 5.74) is 4.13. The fourth-order valence-electron chi connectivity index (χ4n) is 4.05. The van der Waals surface area contributed by atoms with Crippen LogP contribution < -0.4 is 0 Å². The monoisotopic (exact) mass is 398 g/mol. The lowest BCUT2D eigenvalue weighted by atomic mass is 9.88. The van der Waals surface area contributed by atoms with E-state index in [1.165, 1.54) is 4.88 Å². The predicted molar refractivity (Wildman–Crippen MR) is 106 cm³/mol. The predicted octanol–water partition coefficient (Wildman–Crippen LogP) is 4.19. The van der Waals surface area contributed by atoms with Gasteiger partial charge in [-0.1, -0.05) is 29.8 Å². The fraction of sp³-hybridized carbons (Fsp3) is 0.350. The molecule has 5 rings (SSSR count). The highest BCUT2D eigenvalue weighted by atomic mass is 35.5. The molecule has 0 bridgehead atoms. The van der Waals surface area contributed by atoms with Crippen LogP contribution in [0.1, 0.15) is 40.7 Å². The van der Waals surface area contributed by atoms with Crippen molar-refractivity contribution < 1.29 is 4.79 Å². The summed E-state index contributed by atoms with van der Waals surface area (Å²) < 4.78 is 0. The quantitative estimate of drug-likeness (QED) is 0.704. The smallest absolute Gasteiger partial charge is 0.232 e. The third-order valence-electron chi connectivity index (χ3n) is 5.45. The number of nitrogens with one attached hydrogen (secondary N) is 1. The Morgan fingerprint density at radius 3 is 3.07 bits per heavy atom. The number of carbonyl (C=O) groups is 1. The summed E-state index contributed by atoms with van der Waals surface area (Å²) in [6.07, 6.45) is 5.40. The Kier molecular flexibility index (Phi) is 4.25. The van der Waals surface area contributed by atoms with E-state index >= 15 is 0 Å². The summed E-state index contributed by atoms with van der Waals surface area (Å²) >= 11 is 7.98. The molecule has 1 atom stereocenters. The first-order valence-electron chi connectivity index (χ1n) is 9.25.